The van der Waals surface area contributed by atoms with Crippen LogP contribution in [0, 0.1) is 11.8 Å². The molecule has 0 radical (unpaired) electrons. The van der Waals surface area contributed by atoms with Crippen LogP contribution in [-0.2, 0) is 4.79 Å². The highest BCUT2D eigenvalue weighted by Gasteiger charge is 2.47. The summed E-state index contributed by atoms with van der Waals surface area (Å²) < 4.78 is 0. The highest BCUT2D eigenvalue weighted by Crippen LogP contribution is 2.40. The molecule has 2 aliphatic carbocycles. The van der Waals surface area contributed by atoms with Crippen LogP contribution in [-0.4, -0.2) is 17.5 Å². The minimum atomic E-state index is -0.626. The molecule has 0 saturated heterocycles. The molecule has 3 atom stereocenters. The van der Waals surface area contributed by atoms with Gasteiger partial charge in [0.05, 0.1) is 5.54 Å². The van der Waals surface area contributed by atoms with Crippen LogP contribution in [0.15, 0.2) is 0 Å². The van der Waals surface area contributed by atoms with Crippen LogP contribution in [0.5, 0.6) is 0 Å². The van der Waals surface area contributed by atoms with Crippen LogP contribution in [0.3, 0.4) is 0 Å². The van der Waals surface area contributed by atoms with Gasteiger partial charge in [-0.3, -0.25) is 4.79 Å². The zero-order valence-corrected chi connectivity index (χ0v) is 9.75. The second kappa shape index (κ2) is 3.78. The minimum Gasteiger partial charge on any atom is -0.351 e. The van der Waals surface area contributed by atoms with Gasteiger partial charge in [-0.25, -0.2) is 0 Å². The van der Waals surface area contributed by atoms with Crippen LogP contribution in [0.1, 0.15) is 46.0 Å². The van der Waals surface area contributed by atoms with Gasteiger partial charge in [0.2, 0.25) is 5.91 Å². The normalized spacial score (nSPS) is 33.3. The lowest BCUT2D eigenvalue weighted by molar-refractivity contribution is -0.126. The summed E-state index contributed by atoms with van der Waals surface area (Å²) in [6.07, 6.45) is 5.82. The average molecular weight is 210 g/mol. The summed E-state index contributed by atoms with van der Waals surface area (Å²) in [6.45, 7) is 4.06. The Balaban J connectivity index is 1.78. The molecule has 3 nitrogen and oxygen atoms in total. The topological polar surface area (TPSA) is 55.1 Å². The second-order valence-corrected chi connectivity index (χ2v) is 5.42. The van der Waals surface area contributed by atoms with Gasteiger partial charge in [-0.1, -0.05) is 13.3 Å². The molecule has 3 heteroatoms. The molecule has 0 spiro atoms. The maximum Gasteiger partial charge on any atom is 0.240 e. The van der Waals surface area contributed by atoms with E-state index in [1.54, 1.807) is 0 Å². The molecule has 2 fully saturated rings. The van der Waals surface area contributed by atoms with E-state index in [1.807, 2.05) is 6.92 Å². The largest absolute Gasteiger partial charge is 0.351 e. The van der Waals surface area contributed by atoms with Crippen molar-refractivity contribution < 1.29 is 4.79 Å². The number of carbonyl (C=O) groups excluding carboxylic acids is 1. The van der Waals surface area contributed by atoms with Crippen LogP contribution < -0.4 is 11.1 Å². The van der Waals surface area contributed by atoms with E-state index in [-0.39, 0.29) is 5.91 Å². The molecule has 0 aromatic heterocycles. The molecule has 2 rings (SSSR count). The Bertz CT molecular complexity index is 258. The van der Waals surface area contributed by atoms with E-state index in [4.69, 9.17) is 5.73 Å². The number of amides is 1. The van der Waals surface area contributed by atoms with Gasteiger partial charge in [0, 0.05) is 6.04 Å². The zero-order chi connectivity index (χ0) is 11.1. The van der Waals surface area contributed by atoms with Gasteiger partial charge < -0.3 is 11.1 Å². The molecule has 2 aliphatic rings. The quantitative estimate of drug-likeness (QED) is 0.721. The Labute approximate surface area is 91.8 Å². The summed E-state index contributed by atoms with van der Waals surface area (Å²) in [5, 5.41) is 3.09. The van der Waals surface area contributed by atoms with Crippen molar-refractivity contribution in [3.05, 3.63) is 0 Å². The van der Waals surface area contributed by atoms with Gasteiger partial charge in [0.1, 0.15) is 0 Å². The summed E-state index contributed by atoms with van der Waals surface area (Å²) in [5.41, 5.74) is 5.42. The third kappa shape index (κ3) is 2.33. The molecular formula is C12H22N2O. The molecule has 3 unspecified atom stereocenters. The molecule has 0 aliphatic heterocycles. The van der Waals surface area contributed by atoms with Gasteiger partial charge in [-0.2, -0.15) is 0 Å². The monoisotopic (exact) mass is 210 g/mol. The smallest absolute Gasteiger partial charge is 0.240 e. The lowest BCUT2D eigenvalue weighted by Gasteiger charge is -2.23. The molecule has 0 aromatic carbocycles. The fraction of sp³-hybridized carbons (Fsp3) is 0.917. The van der Waals surface area contributed by atoms with Crippen molar-refractivity contribution in [2.45, 2.75) is 57.5 Å². The lowest BCUT2D eigenvalue weighted by atomic mass is 9.96. The molecule has 0 bridgehead atoms. The number of nitrogens with two attached hydrogens (primary N) is 1. The Kier molecular flexibility index (Phi) is 2.75. The van der Waals surface area contributed by atoms with Crippen molar-refractivity contribution >= 4 is 5.91 Å². The number of nitrogens with one attached hydrogen (secondary N) is 1. The number of carbonyl (C=O) groups is 1. The third-order valence-electron chi connectivity index (χ3n) is 3.81. The van der Waals surface area contributed by atoms with Crippen molar-refractivity contribution in [2.75, 3.05) is 0 Å². The fourth-order valence-electron chi connectivity index (χ4n) is 2.31. The molecule has 0 aromatic rings. The highest BCUT2D eigenvalue weighted by atomic mass is 16.2. The predicted octanol–water partition coefficient (Wildman–Crippen LogP) is 1.42. The van der Waals surface area contributed by atoms with E-state index in [0.717, 1.165) is 19.3 Å². The number of hydrogen-bond donors (Lipinski definition) is 2. The van der Waals surface area contributed by atoms with Crippen molar-refractivity contribution in [1.29, 1.82) is 0 Å². The summed E-state index contributed by atoms with van der Waals surface area (Å²) in [7, 11) is 0. The molecular weight excluding hydrogens is 188 g/mol. The van der Waals surface area contributed by atoms with Crippen LogP contribution in [0.4, 0.5) is 0 Å². The minimum absolute atomic E-state index is 0.0635. The van der Waals surface area contributed by atoms with E-state index in [2.05, 4.69) is 12.2 Å². The Morgan fingerprint density at radius 1 is 1.53 bits per heavy atom. The van der Waals surface area contributed by atoms with E-state index in [1.165, 1.54) is 12.8 Å². The summed E-state index contributed by atoms with van der Waals surface area (Å²) in [6, 6.07) is 0.416. The standard InChI is InChI=1S/C12H22N2O/c1-3-4-8-7-10(8)14-11(15)12(2,13)9-5-6-9/h8-10H,3-7,13H2,1-2H3,(H,14,15). The molecule has 86 valence electrons. The van der Waals surface area contributed by atoms with E-state index in [9.17, 15) is 4.79 Å². The second-order valence-electron chi connectivity index (χ2n) is 5.42. The first-order valence-corrected chi connectivity index (χ1v) is 6.15. The summed E-state index contributed by atoms with van der Waals surface area (Å²) in [5.74, 6) is 1.20. The first kappa shape index (κ1) is 10.9. The van der Waals surface area contributed by atoms with E-state index in [0.29, 0.717) is 17.9 Å². The fourth-order valence-corrected chi connectivity index (χ4v) is 2.31. The third-order valence-corrected chi connectivity index (χ3v) is 3.81. The highest BCUT2D eigenvalue weighted by molar-refractivity contribution is 5.86. The van der Waals surface area contributed by atoms with E-state index >= 15 is 0 Å². The average Bonchev–Trinajstić information content (AvgIpc) is 2.97. The predicted molar refractivity (Wildman–Crippen MR) is 60.3 cm³/mol. The molecule has 0 heterocycles. The lowest BCUT2D eigenvalue weighted by Crippen LogP contribution is -2.54. The van der Waals surface area contributed by atoms with E-state index < -0.39 is 5.54 Å². The number of rotatable bonds is 5. The zero-order valence-electron chi connectivity index (χ0n) is 9.75. The molecule has 3 N–H and O–H groups in total. The Morgan fingerprint density at radius 3 is 2.73 bits per heavy atom. The summed E-state index contributed by atoms with van der Waals surface area (Å²) >= 11 is 0. The summed E-state index contributed by atoms with van der Waals surface area (Å²) in [4.78, 5) is 11.9. The van der Waals surface area contributed by atoms with Crippen LogP contribution >= 0.6 is 0 Å². The SMILES string of the molecule is CCCC1CC1NC(=O)C(C)(N)C1CC1. The first-order chi connectivity index (χ1) is 7.05. The maximum atomic E-state index is 11.9. The van der Waals surface area contributed by atoms with Crippen molar-refractivity contribution in [3.8, 4) is 0 Å². The van der Waals surface area contributed by atoms with Gasteiger partial charge in [0.25, 0.3) is 0 Å². The van der Waals surface area contributed by atoms with Crippen LogP contribution in [0.25, 0.3) is 0 Å². The maximum absolute atomic E-state index is 11.9. The van der Waals surface area contributed by atoms with Crippen molar-refractivity contribution in [3.63, 3.8) is 0 Å². The molecule has 1 amide bonds. The Hall–Kier alpha value is -0.570. The van der Waals surface area contributed by atoms with Crippen LogP contribution in [0.2, 0.25) is 0 Å². The Morgan fingerprint density at radius 2 is 2.20 bits per heavy atom. The van der Waals surface area contributed by atoms with Crippen molar-refractivity contribution in [1.82, 2.24) is 5.32 Å². The first-order valence-electron chi connectivity index (χ1n) is 6.15. The molecule has 2 saturated carbocycles. The van der Waals surface area contributed by atoms with Gasteiger partial charge in [0.15, 0.2) is 0 Å². The molecule has 15 heavy (non-hydrogen) atoms. The van der Waals surface area contributed by atoms with Crippen molar-refractivity contribution in [2.24, 2.45) is 17.6 Å². The number of hydrogen-bond acceptors (Lipinski definition) is 2. The van der Waals surface area contributed by atoms with Gasteiger partial charge in [-0.05, 0) is 44.4 Å². The van der Waals surface area contributed by atoms with Gasteiger partial charge in [-0.15, -0.1) is 0 Å². The van der Waals surface area contributed by atoms with Gasteiger partial charge >= 0.3 is 0 Å².